The summed E-state index contributed by atoms with van der Waals surface area (Å²) >= 11 is 1.07. The van der Waals surface area contributed by atoms with E-state index in [0.717, 1.165) is 11.8 Å². The third-order valence-corrected chi connectivity index (χ3v) is 3.38. The molecule has 1 N–H and O–H groups in total. The maximum absolute atomic E-state index is 11.0. The molecule has 104 valence electrons. The first-order chi connectivity index (χ1) is 9.02. The van der Waals surface area contributed by atoms with E-state index in [9.17, 15) is 20.0 Å². The summed E-state index contributed by atoms with van der Waals surface area (Å²) in [6.07, 6.45) is -0.323. The van der Waals surface area contributed by atoms with Gasteiger partial charge in [0.15, 0.2) is 5.12 Å². The molecule has 1 unspecified atom stereocenters. The van der Waals surface area contributed by atoms with E-state index in [0.29, 0.717) is 12.2 Å². The zero-order valence-electron chi connectivity index (χ0n) is 10.4. The highest BCUT2D eigenvalue weighted by Crippen LogP contribution is 2.17. The lowest BCUT2D eigenvalue weighted by molar-refractivity contribution is -0.384. The van der Waals surface area contributed by atoms with Gasteiger partial charge in [-0.05, 0) is 12.1 Å². The molecule has 1 aromatic rings. The fraction of sp³-hybridized carbons (Fsp3) is 0.417. The van der Waals surface area contributed by atoms with E-state index >= 15 is 0 Å². The minimum Gasteiger partial charge on any atom is -0.491 e. The molecule has 1 atom stereocenters. The van der Waals surface area contributed by atoms with Crippen LogP contribution >= 0.6 is 11.8 Å². The number of non-ortho nitro benzene ring substituents is 1. The summed E-state index contributed by atoms with van der Waals surface area (Å²) < 4.78 is 5.27. The smallest absolute Gasteiger partial charge is 0.269 e. The van der Waals surface area contributed by atoms with Gasteiger partial charge in [-0.1, -0.05) is 18.7 Å². The molecule has 6 nitrogen and oxygen atoms in total. The van der Waals surface area contributed by atoms with Gasteiger partial charge in [0, 0.05) is 24.3 Å². The quantitative estimate of drug-likeness (QED) is 0.608. The number of nitrogens with zero attached hydrogens (tertiary/aromatic N) is 1. The second kappa shape index (κ2) is 7.75. The summed E-state index contributed by atoms with van der Waals surface area (Å²) in [6.45, 7) is 1.80. The first-order valence-corrected chi connectivity index (χ1v) is 6.72. The van der Waals surface area contributed by atoms with Crippen LogP contribution < -0.4 is 4.74 Å². The molecule has 1 rings (SSSR count). The Kier molecular flexibility index (Phi) is 6.31. The Morgan fingerprint density at radius 3 is 2.63 bits per heavy atom. The number of rotatable bonds is 7. The average molecular weight is 285 g/mol. The van der Waals surface area contributed by atoms with Crippen molar-refractivity contribution in [2.45, 2.75) is 19.4 Å². The van der Waals surface area contributed by atoms with Gasteiger partial charge in [-0.2, -0.15) is 0 Å². The molecule has 0 aliphatic heterocycles. The molecule has 0 aliphatic carbocycles. The van der Waals surface area contributed by atoms with Crippen molar-refractivity contribution in [3.05, 3.63) is 34.4 Å². The molecule has 0 spiro atoms. The van der Waals surface area contributed by atoms with Crippen molar-refractivity contribution in [1.82, 2.24) is 0 Å². The van der Waals surface area contributed by atoms with Crippen LogP contribution in [0.15, 0.2) is 24.3 Å². The molecular formula is C12H15NO5S. The van der Waals surface area contributed by atoms with Crippen LogP contribution in [0.4, 0.5) is 5.69 Å². The van der Waals surface area contributed by atoms with Crippen molar-refractivity contribution in [2.24, 2.45) is 0 Å². The van der Waals surface area contributed by atoms with Crippen LogP contribution in [0.3, 0.4) is 0 Å². The molecule has 0 heterocycles. The van der Waals surface area contributed by atoms with Gasteiger partial charge in [0.25, 0.3) is 5.69 Å². The lowest BCUT2D eigenvalue weighted by Gasteiger charge is -2.11. The largest absolute Gasteiger partial charge is 0.491 e. The summed E-state index contributed by atoms with van der Waals surface area (Å²) in [5.74, 6) is 0.719. The second-order valence-electron chi connectivity index (χ2n) is 3.75. The van der Waals surface area contributed by atoms with Gasteiger partial charge in [-0.3, -0.25) is 14.9 Å². The van der Waals surface area contributed by atoms with Crippen molar-refractivity contribution in [3.63, 3.8) is 0 Å². The van der Waals surface area contributed by atoms with Crippen LogP contribution in [-0.4, -0.2) is 33.6 Å². The Morgan fingerprint density at radius 2 is 2.11 bits per heavy atom. The highest BCUT2D eigenvalue weighted by Gasteiger charge is 2.09. The van der Waals surface area contributed by atoms with Crippen molar-refractivity contribution in [1.29, 1.82) is 0 Å². The fourth-order valence-electron chi connectivity index (χ4n) is 1.20. The van der Waals surface area contributed by atoms with Gasteiger partial charge in [0.2, 0.25) is 0 Å². The normalized spacial score (nSPS) is 11.9. The molecular weight excluding hydrogens is 270 g/mol. The number of benzene rings is 1. The summed E-state index contributed by atoms with van der Waals surface area (Å²) in [5.41, 5.74) is -0.0167. The Morgan fingerprint density at radius 1 is 1.47 bits per heavy atom. The number of hydrogen-bond donors (Lipinski definition) is 1. The number of nitro benzene ring substituents is 1. The number of carbonyl (C=O) groups excluding carboxylic acids is 1. The molecule has 0 saturated carbocycles. The average Bonchev–Trinajstić information content (AvgIpc) is 2.42. The standard InChI is InChI=1S/C12H15NO5S/c1-2-12(15)19-8-10(14)7-18-11-5-3-9(4-6-11)13(16)17/h3-6,10,14H,2,7-8H2,1H3. The Bertz CT molecular complexity index is 434. The first-order valence-electron chi connectivity index (χ1n) is 5.74. The van der Waals surface area contributed by atoms with Crippen LogP contribution in [0.1, 0.15) is 13.3 Å². The van der Waals surface area contributed by atoms with Gasteiger partial charge in [-0.25, -0.2) is 0 Å². The van der Waals surface area contributed by atoms with Gasteiger partial charge >= 0.3 is 0 Å². The predicted molar refractivity (Wildman–Crippen MR) is 72.4 cm³/mol. The molecule has 7 heteroatoms. The SMILES string of the molecule is CCC(=O)SCC(O)COc1ccc([N+](=O)[O-])cc1. The van der Waals surface area contributed by atoms with Crippen LogP contribution in [0.25, 0.3) is 0 Å². The number of ether oxygens (including phenoxy) is 1. The highest BCUT2D eigenvalue weighted by molar-refractivity contribution is 8.13. The molecule has 0 aromatic heterocycles. The van der Waals surface area contributed by atoms with E-state index in [1.165, 1.54) is 24.3 Å². The number of nitro groups is 1. The topological polar surface area (TPSA) is 89.7 Å². The number of thioether (sulfide) groups is 1. The van der Waals surface area contributed by atoms with E-state index in [4.69, 9.17) is 4.74 Å². The van der Waals surface area contributed by atoms with Crippen molar-refractivity contribution >= 4 is 22.6 Å². The molecule has 0 saturated heterocycles. The molecule has 0 fully saturated rings. The van der Waals surface area contributed by atoms with Crippen LogP contribution in [0.5, 0.6) is 5.75 Å². The third-order valence-electron chi connectivity index (χ3n) is 2.22. The van der Waals surface area contributed by atoms with Gasteiger partial charge in [0.1, 0.15) is 12.4 Å². The number of aliphatic hydroxyl groups excluding tert-OH is 1. The molecule has 0 bridgehead atoms. The van der Waals surface area contributed by atoms with Crippen LogP contribution in [-0.2, 0) is 4.79 Å². The van der Waals surface area contributed by atoms with Gasteiger partial charge in [-0.15, -0.1) is 0 Å². The summed E-state index contributed by atoms with van der Waals surface area (Å²) in [5, 5.41) is 20.1. The summed E-state index contributed by atoms with van der Waals surface area (Å²) in [4.78, 5) is 21.0. The molecule has 1 aromatic carbocycles. The second-order valence-corrected chi connectivity index (χ2v) is 4.83. The van der Waals surface area contributed by atoms with Crippen molar-refractivity contribution in [2.75, 3.05) is 12.4 Å². The number of aliphatic hydroxyl groups is 1. The molecule has 0 amide bonds. The number of carbonyl (C=O) groups is 1. The van der Waals surface area contributed by atoms with E-state index in [-0.39, 0.29) is 23.2 Å². The molecule has 19 heavy (non-hydrogen) atoms. The van der Waals surface area contributed by atoms with Crippen LogP contribution in [0, 0.1) is 10.1 Å². The zero-order valence-corrected chi connectivity index (χ0v) is 11.3. The molecule has 0 aliphatic rings. The summed E-state index contributed by atoms with van der Waals surface area (Å²) in [6, 6.07) is 5.60. The first kappa shape index (κ1) is 15.5. The van der Waals surface area contributed by atoms with Gasteiger partial charge < -0.3 is 9.84 Å². The fourth-order valence-corrected chi connectivity index (χ4v) is 1.87. The maximum atomic E-state index is 11.0. The van der Waals surface area contributed by atoms with Crippen molar-refractivity contribution in [3.8, 4) is 5.75 Å². The Labute approximate surface area is 114 Å². The zero-order chi connectivity index (χ0) is 14.3. The summed E-state index contributed by atoms with van der Waals surface area (Å²) in [7, 11) is 0. The molecule has 0 radical (unpaired) electrons. The lowest BCUT2D eigenvalue weighted by Crippen LogP contribution is -2.20. The minimum atomic E-state index is -0.754. The third kappa shape index (κ3) is 5.71. The number of hydrogen-bond acceptors (Lipinski definition) is 6. The van der Waals surface area contributed by atoms with E-state index in [2.05, 4.69) is 0 Å². The lowest BCUT2D eigenvalue weighted by atomic mass is 10.3. The maximum Gasteiger partial charge on any atom is 0.269 e. The van der Waals surface area contributed by atoms with Gasteiger partial charge in [0.05, 0.1) is 11.0 Å². The Hall–Kier alpha value is -1.60. The van der Waals surface area contributed by atoms with Crippen molar-refractivity contribution < 1.29 is 19.6 Å². The predicted octanol–water partition coefficient (Wildman–Crippen LogP) is 2.00. The Balaban J connectivity index is 2.35. The van der Waals surface area contributed by atoms with E-state index < -0.39 is 11.0 Å². The van der Waals surface area contributed by atoms with E-state index in [1.807, 2.05) is 0 Å². The highest BCUT2D eigenvalue weighted by atomic mass is 32.2. The minimum absolute atomic E-state index is 0.0167. The van der Waals surface area contributed by atoms with Crippen LogP contribution in [0.2, 0.25) is 0 Å². The monoisotopic (exact) mass is 285 g/mol. The van der Waals surface area contributed by atoms with E-state index in [1.54, 1.807) is 6.92 Å².